The lowest BCUT2D eigenvalue weighted by Crippen LogP contribution is -2.54. The van der Waals surface area contributed by atoms with Gasteiger partial charge in [-0.25, -0.2) is 0 Å². The average molecular weight is 278 g/mol. The van der Waals surface area contributed by atoms with Gasteiger partial charge in [-0.05, 0) is 26.0 Å². The van der Waals surface area contributed by atoms with Gasteiger partial charge in [0.2, 0.25) is 0 Å². The van der Waals surface area contributed by atoms with Crippen LogP contribution >= 0.6 is 11.3 Å². The Morgan fingerprint density at radius 2 is 2.11 bits per heavy atom. The van der Waals surface area contributed by atoms with Crippen LogP contribution in [-0.2, 0) is 12.7 Å². The summed E-state index contributed by atoms with van der Waals surface area (Å²) in [5, 5.41) is 3.36. The molecule has 1 N–H and O–H groups in total. The molecular weight excluding hydrogens is 261 g/mol. The second kappa shape index (κ2) is 5.19. The molecule has 6 heteroatoms. The fraction of sp³-hybridized carbons (Fsp3) is 0.667. The van der Waals surface area contributed by atoms with Gasteiger partial charge in [-0.2, -0.15) is 13.2 Å². The summed E-state index contributed by atoms with van der Waals surface area (Å²) in [7, 11) is 0. The minimum atomic E-state index is -4.22. The van der Waals surface area contributed by atoms with E-state index in [4.69, 9.17) is 0 Å². The number of nitrogens with zero attached hydrogens (tertiary/aromatic N) is 1. The zero-order valence-electron chi connectivity index (χ0n) is 10.4. The molecule has 0 saturated carbocycles. The molecule has 0 spiro atoms. The van der Waals surface area contributed by atoms with Crippen LogP contribution in [0.15, 0.2) is 12.1 Å². The molecule has 1 aliphatic heterocycles. The molecular formula is C12H17F3N2S. The first-order valence-corrected chi connectivity index (χ1v) is 6.83. The first kappa shape index (κ1) is 13.8. The molecule has 2 unspecified atom stereocenters. The van der Waals surface area contributed by atoms with Crippen molar-refractivity contribution in [2.75, 3.05) is 13.1 Å². The summed E-state index contributed by atoms with van der Waals surface area (Å²) in [6.45, 7) is 6.59. The minimum absolute atomic E-state index is 0.343. The number of nitrogens with one attached hydrogen (secondary N) is 1. The highest BCUT2D eigenvalue weighted by Gasteiger charge is 2.33. The van der Waals surface area contributed by atoms with Crippen LogP contribution in [0.3, 0.4) is 0 Å². The molecule has 18 heavy (non-hydrogen) atoms. The third-order valence-electron chi connectivity index (χ3n) is 3.46. The molecule has 0 bridgehead atoms. The topological polar surface area (TPSA) is 15.3 Å². The Morgan fingerprint density at radius 1 is 1.39 bits per heavy atom. The molecule has 0 amide bonds. The molecule has 2 nitrogen and oxygen atoms in total. The van der Waals surface area contributed by atoms with Gasteiger partial charge in [0.1, 0.15) is 4.88 Å². The van der Waals surface area contributed by atoms with Crippen molar-refractivity contribution >= 4 is 11.3 Å². The van der Waals surface area contributed by atoms with E-state index in [1.807, 2.05) is 0 Å². The van der Waals surface area contributed by atoms with Gasteiger partial charge in [0, 0.05) is 36.6 Å². The van der Waals surface area contributed by atoms with Gasteiger partial charge in [-0.1, -0.05) is 0 Å². The summed E-state index contributed by atoms with van der Waals surface area (Å²) in [6.07, 6.45) is -4.22. The summed E-state index contributed by atoms with van der Waals surface area (Å²) in [4.78, 5) is 2.50. The number of hydrogen-bond acceptors (Lipinski definition) is 3. The van der Waals surface area contributed by atoms with Gasteiger partial charge < -0.3 is 5.32 Å². The van der Waals surface area contributed by atoms with Crippen molar-refractivity contribution in [2.24, 2.45) is 0 Å². The fourth-order valence-corrected chi connectivity index (χ4v) is 3.07. The number of hydrogen-bond donors (Lipinski definition) is 1. The van der Waals surface area contributed by atoms with Crippen LogP contribution in [0.1, 0.15) is 23.6 Å². The highest BCUT2D eigenvalue weighted by molar-refractivity contribution is 7.12. The van der Waals surface area contributed by atoms with Gasteiger partial charge in [0.05, 0.1) is 0 Å². The van der Waals surface area contributed by atoms with Crippen LogP contribution in [0.5, 0.6) is 0 Å². The quantitative estimate of drug-likeness (QED) is 0.895. The van der Waals surface area contributed by atoms with Gasteiger partial charge in [0.15, 0.2) is 0 Å². The Labute approximate surface area is 109 Å². The van der Waals surface area contributed by atoms with Crippen LogP contribution in [0.25, 0.3) is 0 Å². The molecule has 0 aromatic carbocycles. The van der Waals surface area contributed by atoms with Gasteiger partial charge in [-0.3, -0.25) is 4.90 Å². The lowest BCUT2D eigenvalue weighted by atomic mass is 10.1. The van der Waals surface area contributed by atoms with E-state index in [2.05, 4.69) is 24.1 Å². The van der Waals surface area contributed by atoms with Gasteiger partial charge in [0.25, 0.3) is 0 Å². The first-order valence-electron chi connectivity index (χ1n) is 6.01. The smallest absolute Gasteiger partial charge is 0.311 e. The highest BCUT2D eigenvalue weighted by atomic mass is 32.1. The SMILES string of the molecule is CC1NCCN(Cc2ccc(C(F)(F)F)s2)C1C. The van der Waals surface area contributed by atoms with Crippen molar-refractivity contribution in [1.82, 2.24) is 10.2 Å². The molecule has 2 heterocycles. The van der Waals surface area contributed by atoms with E-state index in [9.17, 15) is 13.2 Å². The van der Waals surface area contributed by atoms with E-state index in [-0.39, 0.29) is 0 Å². The number of alkyl halides is 3. The third-order valence-corrected chi connectivity index (χ3v) is 4.58. The molecule has 2 atom stereocenters. The Hall–Kier alpha value is -0.590. The van der Waals surface area contributed by atoms with Crippen LogP contribution in [-0.4, -0.2) is 30.1 Å². The van der Waals surface area contributed by atoms with Crippen LogP contribution < -0.4 is 5.32 Å². The third kappa shape index (κ3) is 3.05. The van der Waals surface area contributed by atoms with E-state index in [0.29, 0.717) is 18.6 Å². The average Bonchev–Trinajstić information content (AvgIpc) is 2.73. The number of halogens is 3. The second-order valence-corrected chi connectivity index (χ2v) is 5.89. The van der Waals surface area contributed by atoms with E-state index < -0.39 is 11.1 Å². The molecule has 1 aromatic heterocycles. The molecule has 0 radical (unpaired) electrons. The van der Waals surface area contributed by atoms with Crippen LogP contribution in [0.4, 0.5) is 13.2 Å². The lowest BCUT2D eigenvalue weighted by Gasteiger charge is -2.38. The standard InChI is InChI=1S/C12H17F3N2S/c1-8-9(2)17(6-5-16-8)7-10-3-4-11(18-10)12(13,14)15/h3-4,8-9,16H,5-7H2,1-2H3. The lowest BCUT2D eigenvalue weighted by molar-refractivity contribution is -0.134. The van der Waals surface area contributed by atoms with Crippen molar-refractivity contribution in [3.63, 3.8) is 0 Å². The predicted molar refractivity (Wildman–Crippen MR) is 66.7 cm³/mol. The Bertz CT molecular complexity index is 402. The summed E-state index contributed by atoms with van der Waals surface area (Å²) >= 11 is 0.850. The van der Waals surface area contributed by atoms with E-state index in [1.165, 1.54) is 6.07 Å². The number of rotatable bonds is 2. The van der Waals surface area contributed by atoms with Crippen molar-refractivity contribution in [2.45, 2.75) is 38.7 Å². The maximum atomic E-state index is 12.5. The monoisotopic (exact) mass is 278 g/mol. The largest absolute Gasteiger partial charge is 0.425 e. The van der Waals surface area contributed by atoms with E-state index >= 15 is 0 Å². The molecule has 0 aliphatic carbocycles. The maximum absolute atomic E-state index is 12.5. The Morgan fingerprint density at radius 3 is 2.72 bits per heavy atom. The van der Waals surface area contributed by atoms with Crippen LogP contribution in [0.2, 0.25) is 0 Å². The van der Waals surface area contributed by atoms with Crippen molar-refractivity contribution in [3.05, 3.63) is 21.9 Å². The zero-order chi connectivity index (χ0) is 13.3. The Balaban J connectivity index is 2.03. The summed E-state index contributed by atoms with van der Waals surface area (Å²) < 4.78 is 37.5. The van der Waals surface area contributed by atoms with Crippen molar-refractivity contribution in [1.29, 1.82) is 0 Å². The van der Waals surface area contributed by atoms with Gasteiger partial charge in [-0.15, -0.1) is 11.3 Å². The first-order chi connectivity index (χ1) is 8.38. The molecule has 1 fully saturated rings. The molecule has 1 aliphatic rings. The normalized spacial score (nSPS) is 26.5. The van der Waals surface area contributed by atoms with Crippen molar-refractivity contribution in [3.8, 4) is 0 Å². The Kier molecular flexibility index (Phi) is 3.99. The molecule has 2 rings (SSSR count). The van der Waals surface area contributed by atoms with E-state index in [1.54, 1.807) is 6.07 Å². The van der Waals surface area contributed by atoms with Crippen molar-refractivity contribution < 1.29 is 13.2 Å². The fourth-order valence-electron chi connectivity index (χ4n) is 2.16. The number of thiophene rings is 1. The highest BCUT2D eigenvalue weighted by Crippen LogP contribution is 2.35. The maximum Gasteiger partial charge on any atom is 0.425 e. The van der Waals surface area contributed by atoms with E-state index in [0.717, 1.165) is 29.3 Å². The summed E-state index contributed by atoms with van der Waals surface area (Å²) in [6, 6.07) is 3.49. The van der Waals surface area contributed by atoms with Crippen LogP contribution in [0, 0.1) is 0 Å². The summed E-state index contributed by atoms with van der Waals surface area (Å²) in [5.41, 5.74) is 0. The molecule has 1 saturated heterocycles. The van der Waals surface area contributed by atoms with Gasteiger partial charge >= 0.3 is 6.18 Å². The molecule has 1 aromatic rings. The predicted octanol–water partition coefficient (Wildman–Crippen LogP) is 2.95. The molecule has 102 valence electrons. The zero-order valence-corrected chi connectivity index (χ0v) is 11.2. The number of piperazine rings is 1. The summed E-state index contributed by atoms with van der Waals surface area (Å²) in [5.74, 6) is 0. The second-order valence-electron chi connectivity index (χ2n) is 4.72. The minimum Gasteiger partial charge on any atom is -0.311 e.